The standard InChI is InChI=1S/C8H14N2.H2O/c1-3-4-6-10-7-5-9-8(10)2;/h5,7H,3-4,6H2,1-2H3;1H2. The van der Waals surface area contributed by atoms with E-state index in [1.54, 1.807) is 0 Å². The first kappa shape index (κ1) is 10.2. The van der Waals surface area contributed by atoms with Crippen LogP contribution in [0.3, 0.4) is 0 Å². The van der Waals surface area contributed by atoms with Crippen molar-refractivity contribution in [1.29, 1.82) is 0 Å². The van der Waals surface area contributed by atoms with Gasteiger partial charge in [0.25, 0.3) is 5.82 Å². The molecule has 0 aromatic carbocycles. The van der Waals surface area contributed by atoms with Crippen LogP contribution in [0.1, 0.15) is 25.6 Å². The van der Waals surface area contributed by atoms with Gasteiger partial charge in [0, 0.05) is 6.92 Å². The second kappa shape index (κ2) is 4.91. The third-order valence-electron chi connectivity index (χ3n) is 1.73. The molecule has 0 aliphatic heterocycles. The Hall–Kier alpha value is -0.830. The number of unbranched alkanes of at least 4 members (excludes halogenated alkanes) is 1. The quantitative estimate of drug-likeness (QED) is 0.657. The van der Waals surface area contributed by atoms with E-state index in [9.17, 15) is 0 Å². The molecule has 1 heterocycles. The molecule has 3 heteroatoms. The predicted molar refractivity (Wildman–Crippen MR) is 42.6 cm³/mol. The molecule has 1 rings (SSSR count). The maximum atomic E-state index is 3.14. The van der Waals surface area contributed by atoms with E-state index in [0.717, 1.165) is 6.54 Å². The van der Waals surface area contributed by atoms with Crippen molar-refractivity contribution >= 4 is 0 Å². The fourth-order valence-electron chi connectivity index (χ4n) is 1.01. The SMILES string of the molecule is CCCC[n+]1cc[nH]c1C.[OH-]. The fraction of sp³-hybridized carbons (Fsp3) is 0.625. The average Bonchev–Trinajstić information content (AvgIpc) is 2.31. The number of aryl methyl sites for hydroxylation is 2. The number of aromatic nitrogens is 2. The Morgan fingerprint density at radius 1 is 1.55 bits per heavy atom. The lowest BCUT2D eigenvalue weighted by molar-refractivity contribution is -0.701. The highest BCUT2D eigenvalue weighted by molar-refractivity contribution is 4.70. The van der Waals surface area contributed by atoms with E-state index >= 15 is 0 Å². The summed E-state index contributed by atoms with van der Waals surface area (Å²) in [7, 11) is 0. The van der Waals surface area contributed by atoms with Crippen molar-refractivity contribution in [2.45, 2.75) is 33.2 Å². The van der Waals surface area contributed by atoms with Crippen molar-refractivity contribution < 1.29 is 10.0 Å². The Kier molecular flexibility index (Phi) is 4.54. The normalized spacial score (nSPS) is 9.27. The Morgan fingerprint density at radius 2 is 2.27 bits per heavy atom. The molecule has 11 heavy (non-hydrogen) atoms. The van der Waals surface area contributed by atoms with Crippen LogP contribution in [0.2, 0.25) is 0 Å². The van der Waals surface area contributed by atoms with Crippen LogP contribution in [-0.4, -0.2) is 10.5 Å². The lowest BCUT2D eigenvalue weighted by Crippen LogP contribution is -2.34. The zero-order chi connectivity index (χ0) is 7.40. The van der Waals surface area contributed by atoms with Crippen molar-refractivity contribution in [1.82, 2.24) is 4.98 Å². The van der Waals surface area contributed by atoms with Crippen LogP contribution < -0.4 is 4.57 Å². The van der Waals surface area contributed by atoms with Crippen LogP contribution in [0.4, 0.5) is 0 Å². The molecule has 0 aliphatic rings. The molecule has 1 aromatic heterocycles. The molecule has 0 aliphatic carbocycles. The van der Waals surface area contributed by atoms with Crippen molar-refractivity contribution in [3.63, 3.8) is 0 Å². The molecule has 0 saturated carbocycles. The number of imidazole rings is 1. The zero-order valence-electron chi connectivity index (χ0n) is 7.17. The van der Waals surface area contributed by atoms with E-state index in [-0.39, 0.29) is 5.48 Å². The second-order valence-electron chi connectivity index (χ2n) is 2.59. The van der Waals surface area contributed by atoms with E-state index < -0.39 is 0 Å². The minimum Gasteiger partial charge on any atom is -0.870 e. The molecule has 0 unspecified atom stereocenters. The summed E-state index contributed by atoms with van der Waals surface area (Å²) in [6.07, 6.45) is 6.59. The van der Waals surface area contributed by atoms with E-state index in [0.29, 0.717) is 0 Å². The lowest BCUT2D eigenvalue weighted by atomic mass is 10.3. The zero-order valence-corrected chi connectivity index (χ0v) is 7.17. The van der Waals surface area contributed by atoms with Gasteiger partial charge in [-0.15, -0.1) is 0 Å². The summed E-state index contributed by atoms with van der Waals surface area (Å²) < 4.78 is 2.24. The third-order valence-corrected chi connectivity index (χ3v) is 1.73. The maximum Gasteiger partial charge on any atom is 0.251 e. The summed E-state index contributed by atoms with van der Waals surface area (Å²) in [5, 5.41) is 0. The number of H-pyrrole nitrogens is 1. The van der Waals surface area contributed by atoms with Gasteiger partial charge in [-0.2, -0.15) is 0 Å². The second-order valence-corrected chi connectivity index (χ2v) is 2.59. The van der Waals surface area contributed by atoms with Gasteiger partial charge in [0.1, 0.15) is 12.4 Å². The first-order chi connectivity index (χ1) is 4.84. The predicted octanol–water partition coefficient (Wildman–Crippen LogP) is 1.23. The highest BCUT2D eigenvalue weighted by atomic mass is 16.0. The largest absolute Gasteiger partial charge is 0.870 e. The van der Waals surface area contributed by atoms with Gasteiger partial charge in [-0.25, -0.2) is 9.55 Å². The highest BCUT2D eigenvalue weighted by Gasteiger charge is 2.01. The number of nitrogens with zero attached hydrogens (tertiary/aromatic N) is 1. The summed E-state index contributed by atoms with van der Waals surface area (Å²) in [6, 6.07) is 0. The van der Waals surface area contributed by atoms with E-state index in [1.165, 1.54) is 18.7 Å². The molecule has 3 nitrogen and oxygen atoms in total. The molecule has 0 bridgehead atoms. The smallest absolute Gasteiger partial charge is 0.251 e. The van der Waals surface area contributed by atoms with Gasteiger partial charge in [0.05, 0.1) is 6.54 Å². The lowest BCUT2D eigenvalue weighted by Gasteiger charge is -1.93. The summed E-state index contributed by atoms with van der Waals surface area (Å²) >= 11 is 0. The highest BCUT2D eigenvalue weighted by Crippen LogP contribution is 1.88. The molecule has 0 saturated heterocycles. The van der Waals surface area contributed by atoms with Crippen molar-refractivity contribution in [2.75, 3.05) is 0 Å². The Bertz CT molecular complexity index is 196. The minimum atomic E-state index is 0. The number of nitrogens with one attached hydrogen (secondary N) is 1. The van der Waals surface area contributed by atoms with E-state index in [1.807, 2.05) is 6.20 Å². The van der Waals surface area contributed by atoms with Gasteiger partial charge in [-0.05, 0) is 6.42 Å². The Labute approximate surface area is 67.4 Å². The van der Waals surface area contributed by atoms with Crippen LogP contribution >= 0.6 is 0 Å². The Morgan fingerprint density at radius 3 is 2.73 bits per heavy atom. The first-order valence-electron chi connectivity index (χ1n) is 3.88. The van der Waals surface area contributed by atoms with Crippen LogP contribution in [0, 0.1) is 6.92 Å². The van der Waals surface area contributed by atoms with Gasteiger partial charge in [-0.3, -0.25) is 0 Å². The first-order valence-corrected chi connectivity index (χ1v) is 3.88. The number of hydrogen-bond acceptors (Lipinski definition) is 1. The molecule has 1 aromatic rings. The summed E-state index contributed by atoms with van der Waals surface area (Å²) in [5.41, 5.74) is 0. The Balaban J connectivity index is 0.000001000. The molecule has 0 fully saturated rings. The molecular formula is C8H16N2O. The summed E-state index contributed by atoms with van der Waals surface area (Å²) in [5.74, 6) is 1.24. The topological polar surface area (TPSA) is 49.7 Å². The third kappa shape index (κ3) is 2.72. The van der Waals surface area contributed by atoms with Crippen molar-refractivity contribution in [2.24, 2.45) is 0 Å². The fourth-order valence-corrected chi connectivity index (χ4v) is 1.01. The molecular weight excluding hydrogens is 140 g/mol. The van der Waals surface area contributed by atoms with E-state index in [2.05, 4.69) is 29.6 Å². The van der Waals surface area contributed by atoms with E-state index in [4.69, 9.17) is 0 Å². The number of aromatic amines is 1. The van der Waals surface area contributed by atoms with Crippen LogP contribution in [0.5, 0.6) is 0 Å². The minimum absolute atomic E-state index is 0. The number of rotatable bonds is 3. The van der Waals surface area contributed by atoms with Gasteiger partial charge in [0.2, 0.25) is 0 Å². The van der Waals surface area contributed by atoms with Gasteiger partial charge in [-0.1, -0.05) is 13.3 Å². The van der Waals surface area contributed by atoms with Gasteiger partial charge >= 0.3 is 0 Å². The number of hydrogen-bond donors (Lipinski definition) is 1. The van der Waals surface area contributed by atoms with Crippen molar-refractivity contribution in [3.05, 3.63) is 18.2 Å². The monoisotopic (exact) mass is 156 g/mol. The molecule has 0 amide bonds. The molecule has 64 valence electrons. The molecule has 0 spiro atoms. The van der Waals surface area contributed by atoms with Crippen LogP contribution in [-0.2, 0) is 6.54 Å². The summed E-state index contributed by atoms with van der Waals surface area (Å²) in [4.78, 5) is 3.14. The molecule has 0 radical (unpaired) electrons. The van der Waals surface area contributed by atoms with Crippen molar-refractivity contribution in [3.8, 4) is 0 Å². The van der Waals surface area contributed by atoms with Gasteiger partial charge < -0.3 is 5.48 Å². The van der Waals surface area contributed by atoms with Crippen LogP contribution in [0.15, 0.2) is 12.4 Å². The summed E-state index contributed by atoms with van der Waals surface area (Å²) in [6.45, 7) is 5.45. The average molecular weight is 156 g/mol. The maximum absolute atomic E-state index is 3.14. The van der Waals surface area contributed by atoms with Gasteiger partial charge in [0.15, 0.2) is 0 Å². The van der Waals surface area contributed by atoms with Crippen LogP contribution in [0.25, 0.3) is 0 Å². The molecule has 0 atom stereocenters. The molecule has 2 N–H and O–H groups in total.